The van der Waals surface area contributed by atoms with Crippen molar-refractivity contribution >= 4 is 29.3 Å². The first kappa shape index (κ1) is 17.5. The van der Waals surface area contributed by atoms with Gasteiger partial charge in [-0.1, -0.05) is 38.1 Å². The standard InChI is InChI=1S/C20H21NO3S/c1-12(2)15-6-4-14(5-7-15)11-24-20(23)16-8-9-18-17(10-16)21-19(22)13(3)25-18/h4-10,12-13H,11H2,1-3H3,(H,21,22). The average molecular weight is 355 g/mol. The minimum Gasteiger partial charge on any atom is -0.457 e. The summed E-state index contributed by atoms with van der Waals surface area (Å²) in [4.78, 5) is 25.0. The molecule has 1 aliphatic heterocycles. The normalized spacial score (nSPS) is 16.3. The molecular weight excluding hydrogens is 334 g/mol. The quantitative estimate of drug-likeness (QED) is 0.815. The van der Waals surface area contributed by atoms with E-state index in [1.807, 2.05) is 25.1 Å². The Morgan fingerprint density at radius 2 is 1.92 bits per heavy atom. The fraction of sp³-hybridized carbons (Fsp3) is 0.300. The highest BCUT2D eigenvalue weighted by Crippen LogP contribution is 2.36. The molecule has 0 saturated heterocycles. The molecule has 0 bridgehead atoms. The number of ether oxygens (including phenoxy) is 1. The third kappa shape index (κ3) is 4.04. The van der Waals surface area contributed by atoms with Gasteiger partial charge in [0.25, 0.3) is 0 Å². The van der Waals surface area contributed by atoms with Gasteiger partial charge in [0.05, 0.1) is 16.5 Å². The van der Waals surface area contributed by atoms with Crippen molar-refractivity contribution in [3.8, 4) is 0 Å². The lowest BCUT2D eigenvalue weighted by Gasteiger charge is -2.21. The number of hydrogen-bond donors (Lipinski definition) is 1. The molecule has 1 N–H and O–H groups in total. The summed E-state index contributed by atoms with van der Waals surface area (Å²) in [6.45, 7) is 6.37. The summed E-state index contributed by atoms with van der Waals surface area (Å²) >= 11 is 1.49. The fourth-order valence-corrected chi connectivity index (χ4v) is 3.50. The Hall–Kier alpha value is -2.27. The summed E-state index contributed by atoms with van der Waals surface area (Å²) in [6, 6.07) is 13.3. The van der Waals surface area contributed by atoms with Crippen LogP contribution in [0.25, 0.3) is 0 Å². The monoisotopic (exact) mass is 355 g/mol. The Morgan fingerprint density at radius 3 is 2.60 bits per heavy atom. The van der Waals surface area contributed by atoms with Crippen LogP contribution in [0.15, 0.2) is 47.4 Å². The second kappa shape index (κ2) is 7.31. The van der Waals surface area contributed by atoms with E-state index >= 15 is 0 Å². The Balaban J connectivity index is 1.65. The maximum Gasteiger partial charge on any atom is 0.338 e. The number of esters is 1. The van der Waals surface area contributed by atoms with Crippen molar-refractivity contribution in [1.82, 2.24) is 0 Å². The van der Waals surface area contributed by atoms with E-state index in [1.54, 1.807) is 12.1 Å². The predicted molar refractivity (Wildman–Crippen MR) is 100 cm³/mol. The van der Waals surface area contributed by atoms with E-state index in [1.165, 1.54) is 17.3 Å². The maximum atomic E-state index is 12.3. The second-order valence-corrected chi connectivity index (χ2v) is 7.82. The molecule has 3 rings (SSSR count). The van der Waals surface area contributed by atoms with E-state index in [2.05, 4.69) is 31.3 Å². The molecule has 0 spiro atoms. The minimum absolute atomic E-state index is 0.0479. The lowest BCUT2D eigenvalue weighted by atomic mass is 10.0. The number of amides is 1. The average Bonchev–Trinajstić information content (AvgIpc) is 2.60. The molecule has 2 aromatic rings. The van der Waals surface area contributed by atoms with Crippen molar-refractivity contribution < 1.29 is 14.3 Å². The van der Waals surface area contributed by atoms with Crippen LogP contribution >= 0.6 is 11.8 Å². The zero-order chi connectivity index (χ0) is 18.0. The molecule has 0 saturated carbocycles. The number of nitrogens with one attached hydrogen (secondary N) is 1. The topological polar surface area (TPSA) is 55.4 Å². The van der Waals surface area contributed by atoms with E-state index in [4.69, 9.17) is 4.74 Å². The summed E-state index contributed by atoms with van der Waals surface area (Å²) in [5, 5.41) is 2.70. The van der Waals surface area contributed by atoms with Gasteiger partial charge in [-0.25, -0.2) is 4.79 Å². The maximum absolute atomic E-state index is 12.3. The van der Waals surface area contributed by atoms with Gasteiger partial charge in [0, 0.05) is 4.90 Å². The van der Waals surface area contributed by atoms with Crippen molar-refractivity contribution in [2.75, 3.05) is 5.32 Å². The minimum atomic E-state index is -0.395. The molecule has 1 heterocycles. The second-order valence-electron chi connectivity index (χ2n) is 6.43. The number of benzene rings is 2. The molecule has 0 aromatic heterocycles. The highest BCUT2D eigenvalue weighted by molar-refractivity contribution is 8.00. The van der Waals surface area contributed by atoms with Gasteiger partial charge in [-0.3, -0.25) is 4.79 Å². The largest absolute Gasteiger partial charge is 0.457 e. The predicted octanol–water partition coefficient (Wildman–Crippen LogP) is 4.60. The van der Waals surface area contributed by atoms with Crippen LogP contribution < -0.4 is 5.32 Å². The van der Waals surface area contributed by atoms with Crippen molar-refractivity contribution in [1.29, 1.82) is 0 Å². The molecule has 1 unspecified atom stereocenters. The SMILES string of the molecule is CC1Sc2ccc(C(=O)OCc3ccc(C(C)C)cc3)cc2NC1=O. The smallest absolute Gasteiger partial charge is 0.338 e. The van der Waals surface area contributed by atoms with Crippen molar-refractivity contribution in [2.24, 2.45) is 0 Å². The molecule has 130 valence electrons. The van der Waals surface area contributed by atoms with Crippen LogP contribution in [0.3, 0.4) is 0 Å². The van der Waals surface area contributed by atoms with Crippen LogP contribution in [0.2, 0.25) is 0 Å². The van der Waals surface area contributed by atoms with Crippen LogP contribution in [-0.2, 0) is 16.1 Å². The van der Waals surface area contributed by atoms with E-state index in [-0.39, 0.29) is 17.8 Å². The Bertz CT molecular complexity index is 799. The molecule has 25 heavy (non-hydrogen) atoms. The summed E-state index contributed by atoms with van der Waals surface area (Å²) < 4.78 is 5.40. The van der Waals surface area contributed by atoms with E-state index in [0.29, 0.717) is 17.2 Å². The number of carbonyl (C=O) groups excluding carboxylic acids is 2. The van der Waals surface area contributed by atoms with E-state index in [9.17, 15) is 9.59 Å². The molecule has 0 radical (unpaired) electrons. The molecule has 4 nitrogen and oxygen atoms in total. The van der Waals surface area contributed by atoms with Crippen LogP contribution in [0, 0.1) is 0 Å². The van der Waals surface area contributed by atoms with Crippen LogP contribution in [-0.4, -0.2) is 17.1 Å². The van der Waals surface area contributed by atoms with Gasteiger partial charge < -0.3 is 10.1 Å². The number of anilines is 1. The van der Waals surface area contributed by atoms with Gasteiger partial charge in [0.1, 0.15) is 6.61 Å². The fourth-order valence-electron chi connectivity index (χ4n) is 2.57. The summed E-state index contributed by atoms with van der Waals surface area (Å²) in [5.74, 6) is 0.0322. The zero-order valence-electron chi connectivity index (χ0n) is 14.5. The van der Waals surface area contributed by atoms with Crippen LogP contribution in [0.1, 0.15) is 48.2 Å². The number of fused-ring (bicyclic) bond motifs is 1. The Morgan fingerprint density at radius 1 is 1.20 bits per heavy atom. The first-order valence-corrected chi connectivity index (χ1v) is 9.19. The number of carbonyl (C=O) groups is 2. The zero-order valence-corrected chi connectivity index (χ0v) is 15.4. The summed E-state index contributed by atoms with van der Waals surface area (Å²) in [5.41, 5.74) is 3.32. The van der Waals surface area contributed by atoms with Crippen LogP contribution in [0.4, 0.5) is 5.69 Å². The molecule has 1 amide bonds. The van der Waals surface area contributed by atoms with Crippen molar-refractivity contribution in [3.63, 3.8) is 0 Å². The third-order valence-electron chi connectivity index (χ3n) is 4.16. The number of rotatable bonds is 4. The van der Waals surface area contributed by atoms with Gasteiger partial charge in [0.15, 0.2) is 0 Å². The Kier molecular flexibility index (Phi) is 5.13. The van der Waals surface area contributed by atoms with Crippen molar-refractivity contribution in [2.45, 2.75) is 43.4 Å². The van der Waals surface area contributed by atoms with Gasteiger partial charge in [-0.2, -0.15) is 0 Å². The molecule has 0 fully saturated rings. The molecule has 0 aliphatic carbocycles. The van der Waals surface area contributed by atoms with E-state index < -0.39 is 5.97 Å². The molecule has 2 aromatic carbocycles. The first-order valence-electron chi connectivity index (χ1n) is 8.31. The number of hydrogen-bond acceptors (Lipinski definition) is 4. The van der Waals surface area contributed by atoms with Crippen molar-refractivity contribution in [3.05, 3.63) is 59.2 Å². The molecule has 1 atom stereocenters. The van der Waals surface area contributed by atoms with Gasteiger partial charge in [-0.15, -0.1) is 11.8 Å². The highest BCUT2D eigenvalue weighted by atomic mass is 32.2. The summed E-state index contributed by atoms with van der Waals surface area (Å²) in [7, 11) is 0. The third-order valence-corrected chi connectivity index (χ3v) is 5.34. The molecule has 1 aliphatic rings. The molecule has 5 heteroatoms. The lowest BCUT2D eigenvalue weighted by Crippen LogP contribution is -2.26. The van der Waals surface area contributed by atoms with Gasteiger partial charge in [-0.05, 0) is 42.2 Å². The Labute approximate surface area is 152 Å². The highest BCUT2D eigenvalue weighted by Gasteiger charge is 2.24. The lowest BCUT2D eigenvalue weighted by molar-refractivity contribution is -0.115. The molecular formula is C20H21NO3S. The number of thioether (sulfide) groups is 1. The van der Waals surface area contributed by atoms with Gasteiger partial charge >= 0.3 is 5.97 Å². The van der Waals surface area contributed by atoms with E-state index in [0.717, 1.165) is 10.5 Å². The first-order chi connectivity index (χ1) is 11.9. The van der Waals surface area contributed by atoms with Crippen LogP contribution in [0.5, 0.6) is 0 Å². The van der Waals surface area contributed by atoms with Gasteiger partial charge in [0.2, 0.25) is 5.91 Å². The summed E-state index contributed by atoms with van der Waals surface area (Å²) in [6.07, 6.45) is 0.